The Hall–Kier alpha value is -3.15. The molecular weight excluding hydrogens is 329 g/mol. The van der Waals surface area contributed by atoms with E-state index in [-0.39, 0.29) is 5.56 Å². The van der Waals surface area contributed by atoms with Crippen LogP contribution in [0.3, 0.4) is 0 Å². The van der Waals surface area contributed by atoms with E-state index in [0.717, 1.165) is 17.7 Å². The topological polar surface area (TPSA) is 42.0 Å². The zero-order valence-electron chi connectivity index (χ0n) is 12.9. The summed E-state index contributed by atoms with van der Waals surface area (Å²) in [4.78, 5) is 16.4. The number of carbonyl (C=O) groups is 1. The molecule has 6 heteroatoms. The first-order valence-corrected chi connectivity index (χ1v) is 7.46. The SMILES string of the molecule is O=C(NC(c1ccncc1)c1ccc(F)cc1)c1ccc(F)c(F)c1. The summed E-state index contributed by atoms with van der Waals surface area (Å²) in [5, 5.41) is 2.75. The fraction of sp³-hybridized carbons (Fsp3) is 0.0526. The van der Waals surface area contributed by atoms with E-state index < -0.39 is 29.4 Å². The van der Waals surface area contributed by atoms with E-state index in [1.807, 2.05) is 0 Å². The van der Waals surface area contributed by atoms with Crippen LogP contribution in [-0.2, 0) is 0 Å². The predicted octanol–water partition coefficient (Wildman–Crippen LogP) is 4.02. The van der Waals surface area contributed by atoms with Crippen molar-refractivity contribution in [3.8, 4) is 0 Å². The maximum Gasteiger partial charge on any atom is 0.252 e. The Morgan fingerprint density at radius 2 is 1.48 bits per heavy atom. The van der Waals surface area contributed by atoms with Crippen LogP contribution in [-0.4, -0.2) is 10.9 Å². The van der Waals surface area contributed by atoms with Gasteiger partial charge in [0.25, 0.3) is 5.91 Å². The van der Waals surface area contributed by atoms with Crippen molar-refractivity contribution >= 4 is 5.91 Å². The molecule has 3 rings (SSSR count). The number of nitrogens with one attached hydrogen (secondary N) is 1. The van der Waals surface area contributed by atoms with Crippen molar-refractivity contribution < 1.29 is 18.0 Å². The normalized spacial score (nSPS) is 11.8. The van der Waals surface area contributed by atoms with Gasteiger partial charge in [0.05, 0.1) is 6.04 Å². The highest BCUT2D eigenvalue weighted by molar-refractivity contribution is 5.94. The van der Waals surface area contributed by atoms with Crippen LogP contribution in [0.2, 0.25) is 0 Å². The average Bonchev–Trinajstić information content (AvgIpc) is 2.63. The minimum atomic E-state index is -1.10. The third-order valence-electron chi connectivity index (χ3n) is 3.70. The maximum absolute atomic E-state index is 13.4. The predicted molar refractivity (Wildman–Crippen MR) is 86.3 cm³/mol. The summed E-state index contributed by atoms with van der Waals surface area (Å²) in [6.45, 7) is 0. The highest BCUT2D eigenvalue weighted by Gasteiger charge is 2.19. The van der Waals surface area contributed by atoms with Gasteiger partial charge >= 0.3 is 0 Å². The van der Waals surface area contributed by atoms with E-state index in [2.05, 4.69) is 10.3 Å². The van der Waals surface area contributed by atoms with Crippen LogP contribution in [0.15, 0.2) is 67.0 Å². The standard InChI is InChI=1S/C19H13F3N2O/c20-15-4-1-12(2-5-15)18(13-7-9-23-10-8-13)24-19(25)14-3-6-16(21)17(22)11-14/h1-11,18H,(H,24,25). The Labute approximate surface area is 142 Å². The fourth-order valence-corrected chi connectivity index (χ4v) is 2.42. The van der Waals surface area contributed by atoms with Crippen LogP contribution < -0.4 is 5.32 Å². The van der Waals surface area contributed by atoms with Crippen LogP contribution >= 0.6 is 0 Å². The molecule has 3 nitrogen and oxygen atoms in total. The first-order valence-electron chi connectivity index (χ1n) is 7.46. The Balaban J connectivity index is 1.93. The Morgan fingerprint density at radius 3 is 2.12 bits per heavy atom. The van der Waals surface area contributed by atoms with E-state index in [4.69, 9.17) is 0 Å². The number of nitrogens with zero attached hydrogens (tertiary/aromatic N) is 1. The largest absolute Gasteiger partial charge is 0.341 e. The van der Waals surface area contributed by atoms with Crippen molar-refractivity contribution in [3.05, 3.63) is 101 Å². The van der Waals surface area contributed by atoms with E-state index in [1.54, 1.807) is 36.7 Å². The lowest BCUT2D eigenvalue weighted by Gasteiger charge is -2.20. The summed E-state index contributed by atoms with van der Waals surface area (Å²) < 4.78 is 39.6. The highest BCUT2D eigenvalue weighted by atomic mass is 19.2. The number of halogens is 3. The number of aromatic nitrogens is 1. The molecular formula is C19H13F3N2O. The summed E-state index contributed by atoms with van der Waals surface area (Å²) in [5.74, 6) is -3.11. The number of hydrogen-bond donors (Lipinski definition) is 1. The lowest BCUT2D eigenvalue weighted by atomic mass is 9.99. The van der Waals surface area contributed by atoms with Crippen molar-refractivity contribution in [2.24, 2.45) is 0 Å². The number of carbonyl (C=O) groups excluding carboxylic acids is 1. The fourth-order valence-electron chi connectivity index (χ4n) is 2.42. The van der Waals surface area contributed by atoms with E-state index in [1.165, 1.54) is 18.2 Å². The molecule has 1 unspecified atom stereocenters. The molecule has 1 atom stereocenters. The first kappa shape index (κ1) is 16.7. The van der Waals surface area contributed by atoms with Crippen LogP contribution in [0.4, 0.5) is 13.2 Å². The summed E-state index contributed by atoms with van der Waals surface area (Å²) in [6.07, 6.45) is 3.13. The van der Waals surface area contributed by atoms with Crippen LogP contribution in [0.25, 0.3) is 0 Å². The van der Waals surface area contributed by atoms with Crippen LogP contribution in [0.1, 0.15) is 27.5 Å². The van der Waals surface area contributed by atoms with Gasteiger partial charge in [-0.05, 0) is 53.6 Å². The molecule has 0 aliphatic rings. The van der Waals surface area contributed by atoms with Crippen molar-refractivity contribution in [3.63, 3.8) is 0 Å². The molecule has 25 heavy (non-hydrogen) atoms. The number of amides is 1. The molecule has 0 bridgehead atoms. The van der Waals surface area contributed by atoms with Gasteiger partial charge in [0.15, 0.2) is 11.6 Å². The first-order chi connectivity index (χ1) is 12.0. The molecule has 0 fully saturated rings. The smallest absolute Gasteiger partial charge is 0.252 e. The van der Waals surface area contributed by atoms with Gasteiger partial charge < -0.3 is 5.32 Å². The third kappa shape index (κ3) is 3.85. The molecule has 1 aromatic heterocycles. The molecule has 0 radical (unpaired) electrons. The minimum Gasteiger partial charge on any atom is -0.341 e. The molecule has 1 heterocycles. The van der Waals surface area contributed by atoms with E-state index in [0.29, 0.717) is 5.56 Å². The Morgan fingerprint density at radius 1 is 0.840 bits per heavy atom. The molecule has 1 N–H and O–H groups in total. The molecule has 2 aromatic carbocycles. The molecule has 3 aromatic rings. The summed E-state index contributed by atoms with van der Waals surface area (Å²) in [7, 11) is 0. The van der Waals surface area contributed by atoms with E-state index in [9.17, 15) is 18.0 Å². The van der Waals surface area contributed by atoms with Crippen molar-refractivity contribution in [2.75, 3.05) is 0 Å². The molecule has 0 saturated heterocycles. The van der Waals surface area contributed by atoms with Gasteiger partial charge in [-0.2, -0.15) is 0 Å². The Kier molecular flexibility index (Phi) is 4.79. The molecule has 0 spiro atoms. The van der Waals surface area contributed by atoms with E-state index >= 15 is 0 Å². The van der Waals surface area contributed by atoms with Crippen LogP contribution in [0, 0.1) is 17.5 Å². The summed E-state index contributed by atoms with van der Waals surface area (Å²) in [6, 6.07) is 11.4. The van der Waals surface area contributed by atoms with Gasteiger partial charge in [0.1, 0.15) is 5.82 Å². The van der Waals surface area contributed by atoms with Crippen molar-refractivity contribution in [1.29, 1.82) is 0 Å². The second-order valence-electron chi connectivity index (χ2n) is 5.37. The van der Waals surface area contributed by atoms with Gasteiger partial charge in [-0.15, -0.1) is 0 Å². The zero-order valence-corrected chi connectivity index (χ0v) is 12.9. The third-order valence-corrected chi connectivity index (χ3v) is 3.70. The quantitative estimate of drug-likeness (QED) is 0.778. The average molecular weight is 342 g/mol. The van der Waals surface area contributed by atoms with Gasteiger partial charge in [0, 0.05) is 18.0 Å². The number of rotatable bonds is 4. The molecule has 126 valence electrons. The number of pyridine rings is 1. The van der Waals surface area contributed by atoms with Gasteiger partial charge in [0.2, 0.25) is 0 Å². The molecule has 0 aliphatic carbocycles. The maximum atomic E-state index is 13.4. The van der Waals surface area contributed by atoms with Crippen molar-refractivity contribution in [2.45, 2.75) is 6.04 Å². The molecule has 0 saturated carbocycles. The van der Waals surface area contributed by atoms with Gasteiger partial charge in [-0.3, -0.25) is 9.78 Å². The van der Waals surface area contributed by atoms with Gasteiger partial charge in [-0.25, -0.2) is 13.2 Å². The Bertz CT molecular complexity index is 883. The van der Waals surface area contributed by atoms with Gasteiger partial charge in [-0.1, -0.05) is 12.1 Å². The van der Waals surface area contributed by atoms with Crippen molar-refractivity contribution in [1.82, 2.24) is 10.3 Å². The summed E-state index contributed by atoms with van der Waals surface area (Å²) in [5.41, 5.74) is 1.35. The highest BCUT2D eigenvalue weighted by Crippen LogP contribution is 2.22. The summed E-state index contributed by atoms with van der Waals surface area (Å²) >= 11 is 0. The number of benzene rings is 2. The second-order valence-corrected chi connectivity index (χ2v) is 5.37. The minimum absolute atomic E-state index is 0.0138. The lowest BCUT2D eigenvalue weighted by molar-refractivity contribution is 0.0942. The monoisotopic (exact) mass is 342 g/mol. The van der Waals surface area contributed by atoms with Crippen LogP contribution in [0.5, 0.6) is 0 Å². The molecule has 0 aliphatic heterocycles. The second kappa shape index (κ2) is 7.17. The lowest BCUT2D eigenvalue weighted by Crippen LogP contribution is -2.29. The molecule has 1 amide bonds. The zero-order chi connectivity index (χ0) is 17.8. The number of hydrogen-bond acceptors (Lipinski definition) is 2.